The minimum Gasteiger partial charge on any atom is -0.354 e. The predicted octanol–water partition coefficient (Wildman–Crippen LogP) is 2.57. The first kappa shape index (κ1) is 22.4. The molecule has 2 aromatic rings. The average molecular weight is 416 g/mol. The highest BCUT2D eigenvalue weighted by Gasteiger charge is 2.25. The molecule has 0 unspecified atom stereocenters. The van der Waals surface area contributed by atoms with Crippen molar-refractivity contribution in [2.45, 2.75) is 26.3 Å². The summed E-state index contributed by atoms with van der Waals surface area (Å²) >= 11 is 6.05. The van der Waals surface area contributed by atoms with Crippen molar-refractivity contribution in [1.82, 2.24) is 16.0 Å². The maximum absolute atomic E-state index is 12.5. The van der Waals surface area contributed by atoms with Crippen molar-refractivity contribution in [3.05, 3.63) is 70.7 Å². The van der Waals surface area contributed by atoms with Gasteiger partial charge in [0, 0.05) is 13.1 Å². The van der Waals surface area contributed by atoms with Gasteiger partial charge in [-0.25, -0.2) is 0 Å². The fraction of sp³-hybridized carbons (Fsp3) is 0.318. The van der Waals surface area contributed by atoms with E-state index in [4.69, 9.17) is 11.6 Å². The third-order valence-corrected chi connectivity index (χ3v) is 4.64. The first-order valence-corrected chi connectivity index (χ1v) is 9.90. The maximum Gasteiger partial charge on any atom is 0.253 e. The van der Waals surface area contributed by atoms with Crippen LogP contribution < -0.4 is 16.0 Å². The number of hydrogen-bond acceptors (Lipinski definition) is 3. The van der Waals surface area contributed by atoms with Gasteiger partial charge >= 0.3 is 0 Å². The highest BCUT2D eigenvalue weighted by atomic mass is 35.5. The number of halogens is 1. The number of carbonyl (C=O) groups excluding carboxylic acids is 3. The Bertz CT molecular complexity index is 840. The molecule has 0 aliphatic rings. The van der Waals surface area contributed by atoms with E-state index in [9.17, 15) is 14.4 Å². The minimum atomic E-state index is -0.709. The number of hydrogen-bond donors (Lipinski definition) is 3. The summed E-state index contributed by atoms with van der Waals surface area (Å²) in [7, 11) is 0. The Labute approximate surface area is 176 Å². The molecule has 0 spiro atoms. The first-order valence-electron chi connectivity index (χ1n) is 9.52. The molecule has 3 amide bonds. The van der Waals surface area contributed by atoms with Gasteiger partial charge in [0.2, 0.25) is 11.8 Å². The van der Waals surface area contributed by atoms with Gasteiger partial charge in [-0.15, -0.1) is 0 Å². The van der Waals surface area contributed by atoms with E-state index in [0.29, 0.717) is 17.1 Å². The van der Waals surface area contributed by atoms with Crippen LogP contribution >= 0.6 is 11.6 Å². The van der Waals surface area contributed by atoms with Crippen LogP contribution in [0.25, 0.3) is 0 Å². The molecule has 0 fully saturated rings. The standard InChI is InChI=1S/C22H26ClN3O3/c1-15(2)20(26-21(28)17-10-6-7-11-18(17)23)22(29)25-13-12-24-19(27)14-16-8-4-3-5-9-16/h3-11,15,20H,12-14H2,1-2H3,(H,24,27)(H,25,29)(H,26,28)/t20-/m1/s1. The van der Waals surface area contributed by atoms with Crippen molar-refractivity contribution < 1.29 is 14.4 Å². The van der Waals surface area contributed by atoms with Crippen LogP contribution in [0, 0.1) is 5.92 Å². The van der Waals surface area contributed by atoms with Gasteiger partial charge in [-0.1, -0.05) is 67.9 Å². The monoisotopic (exact) mass is 415 g/mol. The average Bonchev–Trinajstić information content (AvgIpc) is 2.70. The molecule has 0 aliphatic carbocycles. The molecule has 3 N–H and O–H groups in total. The topological polar surface area (TPSA) is 87.3 Å². The van der Waals surface area contributed by atoms with Gasteiger partial charge in [0.25, 0.3) is 5.91 Å². The zero-order valence-electron chi connectivity index (χ0n) is 16.6. The second kappa shape index (κ2) is 11.2. The molecule has 2 aromatic carbocycles. The van der Waals surface area contributed by atoms with E-state index in [-0.39, 0.29) is 30.7 Å². The number of amides is 3. The molecule has 0 aliphatic heterocycles. The summed E-state index contributed by atoms with van der Waals surface area (Å²) in [5.41, 5.74) is 1.25. The lowest BCUT2D eigenvalue weighted by Gasteiger charge is -2.22. The fourth-order valence-electron chi connectivity index (χ4n) is 2.74. The van der Waals surface area contributed by atoms with Gasteiger partial charge in [0.15, 0.2) is 0 Å². The van der Waals surface area contributed by atoms with Gasteiger partial charge < -0.3 is 16.0 Å². The smallest absolute Gasteiger partial charge is 0.253 e. The summed E-state index contributed by atoms with van der Waals surface area (Å²) in [6, 6.07) is 15.4. The van der Waals surface area contributed by atoms with Crippen LogP contribution in [0.15, 0.2) is 54.6 Å². The molecule has 2 rings (SSSR count). The van der Waals surface area contributed by atoms with Gasteiger partial charge in [-0.2, -0.15) is 0 Å². The molecule has 6 nitrogen and oxygen atoms in total. The summed E-state index contributed by atoms with van der Waals surface area (Å²) < 4.78 is 0. The summed E-state index contributed by atoms with van der Waals surface area (Å²) in [6.45, 7) is 4.27. The van der Waals surface area contributed by atoms with Crippen molar-refractivity contribution in [2.75, 3.05) is 13.1 Å². The number of nitrogens with one attached hydrogen (secondary N) is 3. The SMILES string of the molecule is CC(C)[C@@H](NC(=O)c1ccccc1Cl)C(=O)NCCNC(=O)Cc1ccccc1. The van der Waals surface area contributed by atoms with Crippen molar-refractivity contribution in [3.63, 3.8) is 0 Å². The summed E-state index contributed by atoms with van der Waals surface area (Å²) in [6.07, 6.45) is 0.289. The molecular weight excluding hydrogens is 390 g/mol. The zero-order valence-corrected chi connectivity index (χ0v) is 17.3. The van der Waals surface area contributed by atoms with Crippen molar-refractivity contribution >= 4 is 29.3 Å². The number of rotatable bonds is 9. The van der Waals surface area contributed by atoms with Crippen LogP contribution in [0.2, 0.25) is 5.02 Å². The molecule has 0 aromatic heterocycles. The van der Waals surface area contributed by atoms with Crippen LogP contribution in [0.5, 0.6) is 0 Å². The van der Waals surface area contributed by atoms with Crippen LogP contribution in [0.4, 0.5) is 0 Å². The van der Waals surface area contributed by atoms with Crippen molar-refractivity contribution in [3.8, 4) is 0 Å². The van der Waals surface area contributed by atoms with E-state index < -0.39 is 11.9 Å². The van der Waals surface area contributed by atoms with E-state index >= 15 is 0 Å². The second-order valence-electron chi connectivity index (χ2n) is 6.98. The molecule has 29 heavy (non-hydrogen) atoms. The van der Waals surface area contributed by atoms with Crippen molar-refractivity contribution in [1.29, 1.82) is 0 Å². The van der Waals surface area contributed by atoms with Crippen molar-refractivity contribution in [2.24, 2.45) is 5.92 Å². The maximum atomic E-state index is 12.5. The highest BCUT2D eigenvalue weighted by molar-refractivity contribution is 6.33. The third-order valence-electron chi connectivity index (χ3n) is 4.31. The molecule has 0 bridgehead atoms. The Morgan fingerprint density at radius 1 is 0.897 bits per heavy atom. The Balaban J connectivity index is 1.79. The lowest BCUT2D eigenvalue weighted by atomic mass is 10.0. The quantitative estimate of drug-likeness (QED) is 0.550. The molecule has 0 heterocycles. The van der Waals surface area contributed by atoms with E-state index in [1.807, 2.05) is 44.2 Å². The van der Waals surface area contributed by atoms with Gasteiger partial charge in [-0.05, 0) is 23.6 Å². The van der Waals surface area contributed by atoms with Gasteiger partial charge in [0.1, 0.15) is 6.04 Å². The number of benzene rings is 2. The lowest BCUT2D eigenvalue weighted by Crippen LogP contribution is -2.50. The van der Waals surface area contributed by atoms with E-state index in [2.05, 4.69) is 16.0 Å². The molecule has 0 saturated heterocycles. The molecule has 0 radical (unpaired) electrons. The Morgan fingerprint density at radius 2 is 1.52 bits per heavy atom. The van der Waals surface area contributed by atoms with Crippen LogP contribution in [0.1, 0.15) is 29.8 Å². The summed E-state index contributed by atoms with van der Waals surface area (Å²) in [5, 5.41) is 8.58. The zero-order chi connectivity index (χ0) is 21.2. The highest BCUT2D eigenvalue weighted by Crippen LogP contribution is 2.15. The first-order chi connectivity index (χ1) is 13.9. The largest absolute Gasteiger partial charge is 0.354 e. The van der Waals surface area contributed by atoms with Crippen LogP contribution in [-0.4, -0.2) is 36.9 Å². The molecular formula is C22H26ClN3O3. The Hall–Kier alpha value is -2.86. The van der Waals surface area contributed by atoms with E-state index in [1.54, 1.807) is 24.3 Å². The summed E-state index contributed by atoms with van der Waals surface area (Å²) in [4.78, 5) is 36.9. The summed E-state index contributed by atoms with van der Waals surface area (Å²) in [5.74, 6) is -0.940. The molecule has 1 atom stereocenters. The fourth-order valence-corrected chi connectivity index (χ4v) is 2.96. The van der Waals surface area contributed by atoms with Gasteiger partial charge in [-0.3, -0.25) is 14.4 Å². The van der Waals surface area contributed by atoms with Crippen LogP contribution in [-0.2, 0) is 16.0 Å². The minimum absolute atomic E-state index is 0.113. The van der Waals surface area contributed by atoms with E-state index in [0.717, 1.165) is 5.56 Å². The lowest BCUT2D eigenvalue weighted by molar-refractivity contribution is -0.124. The van der Waals surface area contributed by atoms with Crippen LogP contribution in [0.3, 0.4) is 0 Å². The molecule has 0 saturated carbocycles. The number of carbonyl (C=O) groups is 3. The van der Waals surface area contributed by atoms with Gasteiger partial charge in [0.05, 0.1) is 17.0 Å². The molecule has 154 valence electrons. The Morgan fingerprint density at radius 3 is 2.17 bits per heavy atom. The second-order valence-corrected chi connectivity index (χ2v) is 7.39. The predicted molar refractivity (Wildman–Crippen MR) is 114 cm³/mol. The molecule has 7 heteroatoms. The Kier molecular flexibility index (Phi) is 8.68. The normalized spacial score (nSPS) is 11.6. The van der Waals surface area contributed by atoms with E-state index in [1.165, 1.54) is 0 Å². The third kappa shape index (κ3) is 7.23.